The average molecular weight is 282 g/mol. The number of halogens is 1. The average Bonchev–Trinajstić information content (AvgIpc) is 2.87. The number of nitrogens with zero attached hydrogens (tertiary/aromatic N) is 1. The zero-order valence-corrected chi connectivity index (χ0v) is 11.3. The van der Waals surface area contributed by atoms with Gasteiger partial charge >= 0.3 is 5.97 Å². The zero-order chi connectivity index (χ0) is 13.8. The van der Waals surface area contributed by atoms with Crippen molar-refractivity contribution in [3.63, 3.8) is 0 Å². The van der Waals surface area contributed by atoms with Crippen LogP contribution in [-0.2, 0) is 16.0 Å². The van der Waals surface area contributed by atoms with Gasteiger partial charge in [0.15, 0.2) is 0 Å². The SMILES string of the molecule is O=C(O)C1CCN(C(=O)CCc2ccc(Cl)cc2)C1. The molecule has 1 aromatic rings. The van der Waals surface area contributed by atoms with Crippen LogP contribution in [-0.4, -0.2) is 35.0 Å². The minimum absolute atomic E-state index is 0.0266. The van der Waals surface area contributed by atoms with Crippen molar-refractivity contribution in [1.82, 2.24) is 4.90 Å². The Labute approximate surface area is 117 Å². The quantitative estimate of drug-likeness (QED) is 0.920. The number of rotatable bonds is 4. The van der Waals surface area contributed by atoms with Crippen LogP contribution in [0.25, 0.3) is 0 Å². The van der Waals surface area contributed by atoms with Crippen LogP contribution < -0.4 is 0 Å². The van der Waals surface area contributed by atoms with Gasteiger partial charge < -0.3 is 10.0 Å². The molecule has 19 heavy (non-hydrogen) atoms. The molecule has 1 aliphatic rings. The van der Waals surface area contributed by atoms with Gasteiger partial charge in [0.2, 0.25) is 5.91 Å². The third kappa shape index (κ3) is 3.70. The largest absolute Gasteiger partial charge is 0.481 e. The molecule has 1 heterocycles. The molecule has 5 heteroatoms. The molecular weight excluding hydrogens is 266 g/mol. The van der Waals surface area contributed by atoms with Crippen LogP contribution in [0.3, 0.4) is 0 Å². The molecule has 0 aliphatic carbocycles. The fourth-order valence-electron chi connectivity index (χ4n) is 2.25. The molecule has 0 aromatic heterocycles. The molecule has 1 amide bonds. The Morgan fingerprint density at radius 3 is 2.58 bits per heavy atom. The molecule has 1 unspecified atom stereocenters. The smallest absolute Gasteiger partial charge is 0.308 e. The molecule has 4 nitrogen and oxygen atoms in total. The molecule has 0 bridgehead atoms. The van der Waals surface area contributed by atoms with Gasteiger partial charge in [0.1, 0.15) is 0 Å². The summed E-state index contributed by atoms with van der Waals surface area (Å²) in [6.07, 6.45) is 1.63. The number of amides is 1. The highest BCUT2D eigenvalue weighted by Crippen LogP contribution is 2.18. The van der Waals surface area contributed by atoms with E-state index in [-0.39, 0.29) is 5.91 Å². The number of carboxylic acid groups (broad SMARTS) is 1. The van der Waals surface area contributed by atoms with Crippen LogP contribution in [0, 0.1) is 5.92 Å². The Bertz CT molecular complexity index is 472. The van der Waals surface area contributed by atoms with Crippen molar-refractivity contribution in [2.24, 2.45) is 5.92 Å². The Kier molecular flexibility index (Phi) is 4.43. The second kappa shape index (κ2) is 6.06. The van der Waals surface area contributed by atoms with E-state index in [0.717, 1.165) is 5.56 Å². The first-order valence-electron chi connectivity index (χ1n) is 6.31. The summed E-state index contributed by atoms with van der Waals surface area (Å²) in [7, 11) is 0. The van der Waals surface area contributed by atoms with E-state index in [2.05, 4.69) is 0 Å². The normalized spacial score (nSPS) is 18.6. The molecule has 0 spiro atoms. The number of hydrogen-bond acceptors (Lipinski definition) is 2. The van der Waals surface area contributed by atoms with Crippen molar-refractivity contribution >= 4 is 23.5 Å². The summed E-state index contributed by atoms with van der Waals surface area (Å²) in [6.45, 7) is 0.894. The van der Waals surface area contributed by atoms with Gasteiger partial charge in [-0.25, -0.2) is 0 Å². The van der Waals surface area contributed by atoms with Gasteiger partial charge in [-0.2, -0.15) is 0 Å². The van der Waals surface area contributed by atoms with Gasteiger partial charge in [0.25, 0.3) is 0 Å². The van der Waals surface area contributed by atoms with E-state index in [4.69, 9.17) is 16.7 Å². The van der Waals surface area contributed by atoms with E-state index in [1.807, 2.05) is 12.1 Å². The molecule has 1 N–H and O–H groups in total. The van der Waals surface area contributed by atoms with Crippen molar-refractivity contribution in [3.05, 3.63) is 34.9 Å². The van der Waals surface area contributed by atoms with Crippen molar-refractivity contribution in [1.29, 1.82) is 0 Å². The number of carbonyl (C=O) groups excluding carboxylic acids is 1. The maximum Gasteiger partial charge on any atom is 0.308 e. The van der Waals surface area contributed by atoms with E-state index in [9.17, 15) is 9.59 Å². The molecule has 102 valence electrons. The molecular formula is C14H16ClNO3. The van der Waals surface area contributed by atoms with Crippen LogP contribution in [0.2, 0.25) is 5.02 Å². The maximum absolute atomic E-state index is 12.0. The summed E-state index contributed by atoms with van der Waals surface area (Å²) in [5.74, 6) is -1.19. The fraction of sp³-hybridized carbons (Fsp3) is 0.429. The predicted molar refractivity (Wildman–Crippen MR) is 72.1 cm³/mol. The Balaban J connectivity index is 1.82. The second-order valence-electron chi connectivity index (χ2n) is 4.79. The third-order valence-electron chi connectivity index (χ3n) is 3.43. The summed E-state index contributed by atoms with van der Waals surface area (Å²) in [6, 6.07) is 7.41. The van der Waals surface area contributed by atoms with E-state index in [0.29, 0.717) is 37.4 Å². The Morgan fingerprint density at radius 2 is 2.00 bits per heavy atom. The van der Waals surface area contributed by atoms with Gasteiger partial charge in [-0.15, -0.1) is 0 Å². The molecule has 1 fully saturated rings. The Morgan fingerprint density at radius 1 is 1.32 bits per heavy atom. The van der Waals surface area contributed by atoms with E-state index in [1.165, 1.54) is 0 Å². The van der Waals surface area contributed by atoms with Crippen molar-refractivity contribution in [3.8, 4) is 0 Å². The van der Waals surface area contributed by atoms with Gasteiger partial charge in [-0.1, -0.05) is 23.7 Å². The highest BCUT2D eigenvalue weighted by atomic mass is 35.5. The topological polar surface area (TPSA) is 57.6 Å². The Hall–Kier alpha value is -1.55. The van der Waals surface area contributed by atoms with Gasteiger partial charge in [-0.3, -0.25) is 9.59 Å². The van der Waals surface area contributed by atoms with E-state index < -0.39 is 11.9 Å². The van der Waals surface area contributed by atoms with Crippen LogP contribution in [0.15, 0.2) is 24.3 Å². The third-order valence-corrected chi connectivity index (χ3v) is 3.68. The summed E-state index contributed by atoms with van der Waals surface area (Å²) in [5, 5.41) is 9.58. The number of aryl methyl sites for hydroxylation is 1. The van der Waals surface area contributed by atoms with Crippen molar-refractivity contribution < 1.29 is 14.7 Å². The minimum Gasteiger partial charge on any atom is -0.481 e. The van der Waals surface area contributed by atoms with E-state index in [1.54, 1.807) is 17.0 Å². The summed E-state index contributed by atoms with van der Waals surface area (Å²) < 4.78 is 0. The standard InChI is InChI=1S/C14H16ClNO3/c15-12-4-1-10(2-5-12)3-6-13(17)16-8-7-11(9-16)14(18)19/h1-2,4-5,11H,3,6-9H2,(H,18,19). The highest BCUT2D eigenvalue weighted by molar-refractivity contribution is 6.30. The predicted octanol–water partition coefficient (Wildman–Crippen LogP) is 2.21. The second-order valence-corrected chi connectivity index (χ2v) is 5.23. The van der Waals surface area contributed by atoms with Crippen LogP contribution >= 0.6 is 11.6 Å². The molecule has 0 radical (unpaired) electrons. The number of carbonyl (C=O) groups is 2. The molecule has 0 saturated carbocycles. The lowest BCUT2D eigenvalue weighted by Gasteiger charge is -2.15. The molecule has 1 aromatic carbocycles. The first-order valence-corrected chi connectivity index (χ1v) is 6.69. The lowest BCUT2D eigenvalue weighted by atomic mass is 10.1. The van der Waals surface area contributed by atoms with Crippen LogP contribution in [0.5, 0.6) is 0 Å². The van der Waals surface area contributed by atoms with E-state index >= 15 is 0 Å². The van der Waals surface area contributed by atoms with Crippen LogP contribution in [0.4, 0.5) is 0 Å². The summed E-state index contributed by atoms with van der Waals surface area (Å²) in [4.78, 5) is 24.4. The molecule has 2 rings (SSSR count). The molecule has 1 aliphatic heterocycles. The van der Waals surface area contributed by atoms with Gasteiger partial charge in [-0.05, 0) is 30.5 Å². The van der Waals surface area contributed by atoms with Gasteiger partial charge in [0.05, 0.1) is 5.92 Å². The first kappa shape index (κ1) is 13.9. The number of likely N-dealkylation sites (tertiary alicyclic amines) is 1. The van der Waals surface area contributed by atoms with Crippen molar-refractivity contribution in [2.75, 3.05) is 13.1 Å². The monoisotopic (exact) mass is 281 g/mol. The van der Waals surface area contributed by atoms with Crippen molar-refractivity contribution in [2.45, 2.75) is 19.3 Å². The number of benzene rings is 1. The van der Waals surface area contributed by atoms with Gasteiger partial charge in [0, 0.05) is 24.5 Å². The summed E-state index contributed by atoms with van der Waals surface area (Å²) in [5.41, 5.74) is 1.06. The first-order chi connectivity index (χ1) is 9.06. The summed E-state index contributed by atoms with van der Waals surface area (Å²) >= 11 is 5.79. The zero-order valence-electron chi connectivity index (χ0n) is 10.5. The number of aliphatic carboxylic acids is 1. The highest BCUT2D eigenvalue weighted by Gasteiger charge is 2.30. The fourth-order valence-corrected chi connectivity index (χ4v) is 2.37. The molecule has 1 saturated heterocycles. The lowest BCUT2D eigenvalue weighted by Crippen LogP contribution is -2.30. The lowest BCUT2D eigenvalue weighted by molar-refractivity contribution is -0.141. The number of carboxylic acids is 1. The van der Waals surface area contributed by atoms with Crippen LogP contribution in [0.1, 0.15) is 18.4 Å². The maximum atomic E-state index is 12.0. The minimum atomic E-state index is -0.812. The molecule has 1 atom stereocenters. The number of hydrogen-bond donors (Lipinski definition) is 1.